The van der Waals surface area contributed by atoms with Crippen LogP contribution in [0, 0.1) is 13.1 Å². The first-order chi connectivity index (χ1) is 6.31. The second-order valence-electron chi connectivity index (χ2n) is 3.02. The standard InChI is InChI=1S/C10H10NO2/c1-7-3-8(6-12-2)9-5-11-13-10(9)4-7/h3-4H,6H2,1-2H3. The summed E-state index contributed by atoms with van der Waals surface area (Å²) in [6.45, 7) is 2.58. The Kier molecular flexibility index (Phi) is 2.02. The highest BCUT2D eigenvalue weighted by Gasteiger charge is 2.05. The number of hydrogen-bond donors (Lipinski definition) is 0. The minimum atomic E-state index is 0.565. The lowest BCUT2D eigenvalue weighted by molar-refractivity contribution is 0.186. The molecule has 0 spiro atoms. The lowest BCUT2D eigenvalue weighted by atomic mass is 10.1. The topological polar surface area (TPSA) is 35.3 Å². The summed E-state index contributed by atoms with van der Waals surface area (Å²) in [4.78, 5) is 0. The third kappa shape index (κ3) is 1.42. The first kappa shape index (κ1) is 8.26. The Morgan fingerprint density at radius 1 is 1.54 bits per heavy atom. The fourth-order valence-electron chi connectivity index (χ4n) is 1.41. The van der Waals surface area contributed by atoms with Crippen LogP contribution >= 0.6 is 0 Å². The number of aromatic nitrogens is 1. The average Bonchev–Trinajstić information content (AvgIpc) is 2.52. The van der Waals surface area contributed by atoms with Gasteiger partial charge in [-0.1, -0.05) is 11.2 Å². The third-order valence-electron chi connectivity index (χ3n) is 1.93. The van der Waals surface area contributed by atoms with Crippen molar-refractivity contribution >= 4 is 11.0 Å². The monoisotopic (exact) mass is 176 g/mol. The zero-order valence-electron chi connectivity index (χ0n) is 7.63. The Morgan fingerprint density at radius 3 is 3.15 bits per heavy atom. The highest BCUT2D eigenvalue weighted by atomic mass is 16.5. The summed E-state index contributed by atoms with van der Waals surface area (Å²) >= 11 is 0. The smallest absolute Gasteiger partial charge is 0.168 e. The molecule has 13 heavy (non-hydrogen) atoms. The molecular formula is C10H10NO2. The molecule has 67 valence electrons. The number of fused-ring (bicyclic) bond motifs is 1. The predicted molar refractivity (Wildman–Crippen MR) is 48.3 cm³/mol. The van der Waals surface area contributed by atoms with Gasteiger partial charge in [0.25, 0.3) is 0 Å². The van der Waals surface area contributed by atoms with Crippen molar-refractivity contribution in [3.05, 3.63) is 29.5 Å². The fraction of sp³-hybridized carbons (Fsp3) is 0.300. The molecule has 1 aromatic carbocycles. The zero-order valence-corrected chi connectivity index (χ0v) is 7.63. The van der Waals surface area contributed by atoms with Gasteiger partial charge in [0.2, 0.25) is 0 Å². The van der Waals surface area contributed by atoms with E-state index < -0.39 is 0 Å². The zero-order chi connectivity index (χ0) is 9.26. The van der Waals surface area contributed by atoms with Gasteiger partial charge in [0.15, 0.2) is 5.58 Å². The largest absolute Gasteiger partial charge is 0.380 e. The molecule has 0 unspecified atom stereocenters. The molecule has 2 aromatic rings. The molecule has 0 aliphatic heterocycles. The van der Waals surface area contributed by atoms with Crippen LogP contribution in [0.15, 0.2) is 16.7 Å². The Labute approximate surface area is 76.3 Å². The molecule has 1 aromatic heterocycles. The van der Waals surface area contributed by atoms with Crippen LogP contribution in [0.4, 0.5) is 0 Å². The van der Waals surface area contributed by atoms with Crippen LogP contribution in [0.5, 0.6) is 0 Å². The maximum atomic E-state index is 5.07. The quantitative estimate of drug-likeness (QED) is 0.702. The number of hydrogen-bond acceptors (Lipinski definition) is 3. The maximum absolute atomic E-state index is 5.07. The van der Waals surface area contributed by atoms with Crippen molar-refractivity contribution in [1.29, 1.82) is 0 Å². The van der Waals surface area contributed by atoms with E-state index in [9.17, 15) is 0 Å². The van der Waals surface area contributed by atoms with Crippen LogP contribution in [0.2, 0.25) is 0 Å². The van der Waals surface area contributed by atoms with Crippen molar-refractivity contribution in [2.24, 2.45) is 0 Å². The first-order valence-electron chi connectivity index (χ1n) is 4.07. The van der Waals surface area contributed by atoms with Gasteiger partial charge in [0.1, 0.15) is 6.20 Å². The van der Waals surface area contributed by atoms with Gasteiger partial charge in [-0.15, -0.1) is 0 Å². The molecule has 1 radical (unpaired) electrons. The predicted octanol–water partition coefficient (Wildman–Crippen LogP) is 2.08. The van der Waals surface area contributed by atoms with Gasteiger partial charge in [0.05, 0.1) is 12.0 Å². The number of aryl methyl sites for hydroxylation is 1. The fourth-order valence-corrected chi connectivity index (χ4v) is 1.41. The van der Waals surface area contributed by atoms with Gasteiger partial charge in [-0.25, -0.2) is 0 Å². The first-order valence-corrected chi connectivity index (χ1v) is 4.07. The molecule has 0 amide bonds. The number of rotatable bonds is 2. The Hall–Kier alpha value is -1.35. The van der Waals surface area contributed by atoms with E-state index in [1.807, 2.05) is 13.0 Å². The van der Waals surface area contributed by atoms with E-state index in [4.69, 9.17) is 9.26 Å². The van der Waals surface area contributed by atoms with Crippen LogP contribution in [0.3, 0.4) is 0 Å². The van der Waals surface area contributed by atoms with E-state index in [1.165, 1.54) is 0 Å². The minimum absolute atomic E-state index is 0.565. The lowest BCUT2D eigenvalue weighted by Crippen LogP contribution is -1.89. The number of benzene rings is 1. The van der Waals surface area contributed by atoms with Gasteiger partial charge in [-0.3, -0.25) is 0 Å². The van der Waals surface area contributed by atoms with E-state index in [1.54, 1.807) is 7.11 Å². The summed E-state index contributed by atoms with van der Waals surface area (Å²) in [6.07, 6.45) is 2.80. The summed E-state index contributed by atoms with van der Waals surface area (Å²) < 4.78 is 10.1. The Morgan fingerprint density at radius 2 is 2.38 bits per heavy atom. The molecule has 2 rings (SSSR count). The highest BCUT2D eigenvalue weighted by Crippen LogP contribution is 2.20. The van der Waals surface area contributed by atoms with Gasteiger partial charge in [0, 0.05) is 7.11 Å². The van der Waals surface area contributed by atoms with Crippen molar-refractivity contribution < 1.29 is 9.26 Å². The van der Waals surface area contributed by atoms with Crippen molar-refractivity contribution in [3.8, 4) is 0 Å². The van der Waals surface area contributed by atoms with Crippen LogP contribution < -0.4 is 0 Å². The van der Waals surface area contributed by atoms with Crippen molar-refractivity contribution in [1.82, 2.24) is 5.16 Å². The minimum Gasteiger partial charge on any atom is -0.380 e. The Bertz CT molecular complexity index is 420. The third-order valence-corrected chi connectivity index (χ3v) is 1.93. The van der Waals surface area contributed by atoms with E-state index in [0.29, 0.717) is 6.61 Å². The molecule has 0 aliphatic carbocycles. The van der Waals surface area contributed by atoms with Gasteiger partial charge < -0.3 is 9.26 Å². The number of methoxy groups -OCH3 is 1. The van der Waals surface area contributed by atoms with Gasteiger partial charge in [-0.05, 0) is 24.1 Å². The summed E-state index contributed by atoms with van der Waals surface area (Å²) in [6, 6.07) is 4.00. The van der Waals surface area contributed by atoms with Crippen LogP contribution in [0.1, 0.15) is 11.1 Å². The summed E-state index contributed by atoms with van der Waals surface area (Å²) in [5, 5.41) is 4.54. The summed E-state index contributed by atoms with van der Waals surface area (Å²) in [7, 11) is 1.67. The molecular weight excluding hydrogens is 166 g/mol. The second-order valence-corrected chi connectivity index (χ2v) is 3.02. The molecule has 1 heterocycles. The molecule has 0 aliphatic rings. The van der Waals surface area contributed by atoms with E-state index >= 15 is 0 Å². The number of nitrogens with zero attached hydrogens (tertiary/aromatic N) is 1. The highest BCUT2D eigenvalue weighted by molar-refractivity contribution is 5.79. The molecule has 0 fully saturated rings. The molecule has 0 bridgehead atoms. The van der Waals surface area contributed by atoms with Crippen LogP contribution in [0.25, 0.3) is 11.0 Å². The molecule has 3 heteroatoms. The van der Waals surface area contributed by atoms with Crippen LogP contribution in [-0.4, -0.2) is 12.3 Å². The number of ether oxygens (including phenoxy) is 1. The SMILES string of the molecule is COCc1cc(C)cc2on[c]c12. The molecule has 0 saturated heterocycles. The second kappa shape index (κ2) is 3.18. The maximum Gasteiger partial charge on any atom is 0.168 e. The van der Waals surface area contributed by atoms with Crippen molar-refractivity contribution in [2.45, 2.75) is 13.5 Å². The van der Waals surface area contributed by atoms with Crippen LogP contribution in [-0.2, 0) is 11.3 Å². The van der Waals surface area contributed by atoms with Gasteiger partial charge in [-0.2, -0.15) is 0 Å². The lowest BCUT2D eigenvalue weighted by Gasteiger charge is -2.01. The van der Waals surface area contributed by atoms with E-state index in [2.05, 4.69) is 17.4 Å². The molecule has 3 nitrogen and oxygen atoms in total. The molecule has 0 N–H and O–H groups in total. The normalized spacial score (nSPS) is 10.9. The Balaban J connectivity index is 2.63. The molecule has 0 saturated carbocycles. The van der Waals surface area contributed by atoms with Crippen molar-refractivity contribution in [2.75, 3.05) is 7.11 Å². The average molecular weight is 176 g/mol. The summed E-state index contributed by atoms with van der Waals surface area (Å²) in [5.41, 5.74) is 2.98. The summed E-state index contributed by atoms with van der Waals surface area (Å²) in [5.74, 6) is 0. The van der Waals surface area contributed by atoms with E-state index in [0.717, 1.165) is 22.1 Å². The van der Waals surface area contributed by atoms with Gasteiger partial charge >= 0.3 is 0 Å². The van der Waals surface area contributed by atoms with E-state index in [-0.39, 0.29) is 0 Å². The van der Waals surface area contributed by atoms with Crippen molar-refractivity contribution in [3.63, 3.8) is 0 Å². The molecule has 0 atom stereocenters.